The van der Waals surface area contributed by atoms with Gasteiger partial charge in [0.2, 0.25) is 11.7 Å². The molecule has 1 atom stereocenters. The first kappa shape index (κ1) is 10.8. The van der Waals surface area contributed by atoms with Crippen molar-refractivity contribution >= 4 is 11.6 Å². The van der Waals surface area contributed by atoms with Crippen molar-refractivity contribution in [3.05, 3.63) is 23.8 Å². The summed E-state index contributed by atoms with van der Waals surface area (Å²) in [6, 6.07) is 5.20. The Morgan fingerprint density at radius 1 is 1.39 bits per heavy atom. The lowest BCUT2D eigenvalue weighted by Crippen LogP contribution is -2.34. The zero-order valence-corrected chi connectivity index (χ0v) is 9.55. The molecule has 0 spiro atoms. The first-order valence-electron chi connectivity index (χ1n) is 5.67. The van der Waals surface area contributed by atoms with Gasteiger partial charge in [0.05, 0.1) is 6.04 Å². The molecule has 7 nitrogen and oxygen atoms in total. The van der Waals surface area contributed by atoms with Crippen LogP contribution in [-0.4, -0.2) is 32.6 Å². The van der Waals surface area contributed by atoms with Crippen LogP contribution in [0.3, 0.4) is 0 Å². The van der Waals surface area contributed by atoms with Gasteiger partial charge in [-0.25, -0.2) is 0 Å². The summed E-state index contributed by atoms with van der Waals surface area (Å²) < 4.78 is 0. The number of benzene rings is 1. The number of hydrogen-bond donors (Lipinski definition) is 3. The number of aryl methyl sites for hydroxylation is 1. The van der Waals surface area contributed by atoms with Gasteiger partial charge in [0, 0.05) is 11.3 Å². The van der Waals surface area contributed by atoms with Crippen molar-refractivity contribution < 1.29 is 4.79 Å². The number of nitrogens with two attached hydrogens (primary N) is 1. The normalized spacial score (nSPS) is 18.9. The molecule has 92 valence electrons. The molecule has 3 rings (SSSR count). The quantitative estimate of drug-likeness (QED) is 0.658. The number of H-pyrrole nitrogens is 1. The minimum atomic E-state index is -0.453. The fraction of sp³-hybridized carbons (Fsp3) is 0.273. The van der Waals surface area contributed by atoms with E-state index in [1.807, 2.05) is 18.2 Å². The Labute approximate surface area is 103 Å². The number of carbonyl (C=O) groups is 1. The summed E-state index contributed by atoms with van der Waals surface area (Å²) in [6.45, 7) is 0. The van der Waals surface area contributed by atoms with E-state index >= 15 is 0 Å². The summed E-state index contributed by atoms with van der Waals surface area (Å²) in [4.78, 5) is 11.6. The minimum absolute atomic E-state index is 0.138. The van der Waals surface area contributed by atoms with Crippen molar-refractivity contribution in [3.8, 4) is 11.4 Å². The van der Waals surface area contributed by atoms with Gasteiger partial charge in [-0.1, -0.05) is 0 Å². The molecular formula is C11H12N6O. The lowest BCUT2D eigenvalue weighted by molar-refractivity contribution is -0.117. The van der Waals surface area contributed by atoms with Gasteiger partial charge in [-0.3, -0.25) is 4.79 Å². The van der Waals surface area contributed by atoms with E-state index in [1.165, 1.54) is 0 Å². The van der Waals surface area contributed by atoms with Crippen molar-refractivity contribution in [1.82, 2.24) is 20.6 Å². The Kier molecular flexibility index (Phi) is 2.52. The van der Waals surface area contributed by atoms with Crippen LogP contribution in [0.15, 0.2) is 18.2 Å². The zero-order valence-electron chi connectivity index (χ0n) is 9.55. The Morgan fingerprint density at radius 3 is 3.06 bits per heavy atom. The van der Waals surface area contributed by atoms with E-state index in [0.717, 1.165) is 23.2 Å². The number of fused-ring (bicyclic) bond motifs is 1. The van der Waals surface area contributed by atoms with Gasteiger partial charge >= 0.3 is 0 Å². The van der Waals surface area contributed by atoms with E-state index in [4.69, 9.17) is 5.73 Å². The molecule has 0 saturated carbocycles. The number of aromatic nitrogens is 4. The maximum Gasteiger partial charge on any atom is 0.241 e. The van der Waals surface area contributed by atoms with Crippen LogP contribution < -0.4 is 11.1 Å². The van der Waals surface area contributed by atoms with Crippen LogP contribution in [-0.2, 0) is 11.2 Å². The molecule has 4 N–H and O–H groups in total. The van der Waals surface area contributed by atoms with Crippen molar-refractivity contribution in [2.24, 2.45) is 5.73 Å². The number of nitrogens with zero attached hydrogens (tertiary/aromatic N) is 3. The summed E-state index contributed by atoms with van der Waals surface area (Å²) in [5.41, 5.74) is 8.45. The second-order valence-corrected chi connectivity index (χ2v) is 4.24. The van der Waals surface area contributed by atoms with E-state index < -0.39 is 6.04 Å². The number of nitrogens with one attached hydrogen (secondary N) is 2. The lowest BCUT2D eigenvalue weighted by atomic mass is 10.0. The monoisotopic (exact) mass is 244 g/mol. The van der Waals surface area contributed by atoms with Gasteiger partial charge in [-0.2, -0.15) is 5.21 Å². The Morgan fingerprint density at radius 2 is 2.28 bits per heavy atom. The van der Waals surface area contributed by atoms with E-state index in [1.54, 1.807) is 0 Å². The molecule has 0 bridgehead atoms. The average Bonchev–Trinajstić information content (AvgIpc) is 2.86. The summed E-state index contributed by atoms with van der Waals surface area (Å²) in [6.07, 6.45) is 1.38. The van der Waals surface area contributed by atoms with Crippen LogP contribution in [0.4, 0.5) is 5.69 Å². The molecule has 1 aromatic heterocycles. The number of rotatable bonds is 1. The van der Waals surface area contributed by atoms with Crippen LogP contribution in [0.1, 0.15) is 12.0 Å². The van der Waals surface area contributed by atoms with E-state index in [2.05, 4.69) is 25.9 Å². The molecule has 0 fully saturated rings. The molecule has 2 aromatic rings. The Hall–Kier alpha value is -2.28. The molecular weight excluding hydrogens is 232 g/mol. The maximum absolute atomic E-state index is 11.6. The van der Waals surface area contributed by atoms with Crippen LogP contribution >= 0.6 is 0 Å². The number of carbonyl (C=O) groups excluding carboxylic acids is 1. The second-order valence-electron chi connectivity index (χ2n) is 4.24. The van der Waals surface area contributed by atoms with Crippen molar-refractivity contribution in [3.63, 3.8) is 0 Å². The number of amides is 1. The van der Waals surface area contributed by atoms with Crippen LogP contribution in [0.2, 0.25) is 0 Å². The third-order valence-electron chi connectivity index (χ3n) is 3.03. The predicted octanol–water partition coefficient (Wildman–Crippen LogP) is 0.0787. The number of tetrazole rings is 1. The van der Waals surface area contributed by atoms with Crippen molar-refractivity contribution in [1.29, 1.82) is 0 Å². The average molecular weight is 244 g/mol. The maximum atomic E-state index is 11.6. The Balaban J connectivity index is 1.99. The summed E-state index contributed by atoms with van der Waals surface area (Å²) >= 11 is 0. The zero-order chi connectivity index (χ0) is 12.5. The molecule has 0 saturated heterocycles. The third kappa shape index (κ3) is 1.84. The molecule has 1 unspecified atom stereocenters. The molecule has 1 amide bonds. The lowest BCUT2D eigenvalue weighted by Gasteiger charge is -2.07. The van der Waals surface area contributed by atoms with Gasteiger partial charge < -0.3 is 11.1 Å². The summed E-state index contributed by atoms with van der Waals surface area (Å²) in [7, 11) is 0. The topological polar surface area (TPSA) is 110 Å². The molecule has 0 radical (unpaired) electrons. The van der Waals surface area contributed by atoms with Gasteiger partial charge in [0.1, 0.15) is 0 Å². The highest BCUT2D eigenvalue weighted by molar-refractivity contribution is 5.96. The van der Waals surface area contributed by atoms with E-state index in [0.29, 0.717) is 12.2 Å². The fourth-order valence-corrected chi connectivity index (χ4v) is 2.01. The molecule has 1 aliphatic rings. The largest absolute Gasteiger partial charge is 0.324 e. The van der Waals surface area contributed by atoms with Gasteiger partial charge in [-0.05, 0) is 41.8 Å². The number of aromatic amines is 1. The molecule has 18 heavy (non-hydrogen) atoms. The van der Waals surface area contributed by atoms with Crippen LogP contribution in [0.25, 0.3) is 11.4 Å². The first-order valence-corrected chi connectivity index (χ1v) is 5.67. The predicted molar refractivity (Wildman–Crippen MR) is 64.5 cm³/mol. The van der Waals surface area contributed by atoms with Crippen LogP contribution in [0.5, 0.6) is 0 Å². The highest BCUT2D eigenvalue weighted by atomic mass is 16.2. The molecule has 1 aromatic carbocycles. The van der Waals surface area contributed by atoms with Gasteiger partial charge in [0.15, 0.2) is 0 Å². The van der Waals surface area contributed by atoms with Gasteiger partial charge in [0.25, 0.3) is 0 Å². The van der Waals surface area contributed by atoms with Crippen molar-refractivity contribution in [2.75, 3.05) is 5.32 Å². The fourth-order valence-electron chi connectivity index (χ4n) is 2.01. The first-order chi connectivity index (χ1) is 8.74. The summed E-state index contributed by atoms with van der Waals surface area (Å²) in [5.74, 6) is 0.402. The smallest absolute Gasteiger partial charge is 0.241 e. The van der Waals surface area contributed by atoms with Gasteiger partial charge in [-0.15, -0.1) is 10.2 Å². The highest BCUT2D eigenvalue weighted by Gasteiger charge is 2.20. The standard InChI is InChI=1S/C11H12N6O/c12-8-3-1-6-5-7(10-14-16-17-15-10)2-4-9(6)13-11(8)18/h2,4-5,8H,1,3,12H2,(H,13,18)(H,14,15,16,17). The summed E-state index contributed by atoms with van der Waals surface area (Å²) in [5, 5.41) is 16.6. The number of anilines is 1. The molecule has 1 aliphatic heterocycles. The second kappa shape index (κ2) is 4.19. The minimum Gasteiger partial charge on any atom is -0.324 e. The third-order valence-corrected chi connectivity index (χ3v) is 3.03. The van der Waals surface area contributed by atoms with E-state index in [9.17, 15) is 4.79 Å². The van der Waals surface area contributed by atoms with Crippen LogP contribution in [0, 0.1) is 0 Å². The molecule has 0 aliphatic carbocycles. The number of hydrogen-bond acceptors (Lipinski definition) is 5. The van der Waals surface area contributed by atoms with Crippen molar-refractivity contribution in [2.45, 2.75) is 18.9 Å². The molecule has 2 heterocycles. The Bertz CT molecular complexity index is 579. The SMILES string of the molecule is NC1CCc2cc(-c3nn[nH]n3)ccc2NC1=O. The van der Waals surface area contributed by atoms with E-state index in [-0.39, 0.29) is 5.91 Å². The molecule has 7 heteroatoms. The highest BCUT2D eigenvalue weighted by Crippen LogP contribution is 2.26.